The van der Waals surface area contributed by atoms with Gasteiger partial charge in [0.15, 0.2) is 18.1 Å². The smallest absolute Gasteiger partial charge is 0.341 e. The van der Waals surface area contributed by atoms with Gasteiger partial charge in [-0.15, -0.1) is 0 Å². The second-order valence-corrected chi connectivity index (χ2v) is 8.11. The van der Waals surface area contributed by atoms with Gasteiger partial charge in [-0.05, 0) is 36.6 Å². The molecule has 1 aliphatic heterocycles. The topological polar surface area (TPSA) is 76.1 Å². The van der Waals surface area contributed by atoms with Crippen molar-refractivity contribution in [3.63, 3.8) is 0 Å². The van der Waals surface area contributed by atoms with Crippen molar-refractivity contribution in [3.05, 3.63) is 28.7 Å². The molecule has 2 fully saturated rings. The molecule has 6 nitrogen and oxygen atoms in total. The zero-order valence-electron chi connectivity index (χ0n) is 15.0. The summed E-state index contributed by atoms with van der Waals surface area (Å²) >= 11 is 6.77. The SMILES string of the molecule is COc1cc(/C=C2/SC(=S)N(C3CCCCC3)C2=O)ccc1OCC(=O)O. The van der Waals surface area contributed by atoms with Crippen LogP contribution < -0.4 is 9.47 Å². The predicted molar refractivity (Wildman–Crippen MR) is 108 cm³/mol. The van der Waals surface area contributed by atoms with Crippen LogP contribution >= 0.6 is 24.0 Å². The maximum Gasteiger partial charge on any atom is 0.341 e. The molecule has 1 aromatic rings. The maximum atomic E-state index is 12.8. The molecule has 0 spiro atoms. The Labute approximate surface area is 167 Å². The molecule has 3 rings (SSSR count). The Morgan fingerprint density at radius 1 is 1.33 bits per heavy atom. The molecular weight excluding hydrogens is 386 g/mol. The molecule has 1 saturated heterocycles. The molecule has 1 saturated carbocycles. The third-order valence-corrected chi connectivity index (χ3v) is 5.93. The number of nitrogens with zero attached hydrogens (tertiary/aromatic N) is 1. The highest BCUT2D eigenvalue weighted by Crippen LogP contribution is 2.38. The number of thiocarbonyl (C=S) groups is 1. The minimum Gasteiger partial charge on any atom is -0.493 e. The molecule has 1 heterocycles. The number of methoxy groups -OCH3 is 1. The van der Waals surface area contributed by atoms with Crippen LogP contribution in [-0.4, -0.2) is 46.0 Å². The van der Waals surface area contributed by atoms with Gasteiger partial charge < -0.3 is 14.6 Å². The van der Waals surface area contributed by atoms with Gasteiger partial charge in [0.25, 0.3) is 5.91 Å². The van der Waals surface area contributed by atoms with Crippen LogP contribution in [0.25, 0.3) is 6.08 Å². The summed E-state index contributed by atoms with van der Waals surface area (Å²) in [5.41, 5.74) is 0.763. The molecule has 2 aliphatic rings. The minimum absolute atomic E-state index is 0.0397. The standard InChI is InChI=1S/C19H21NO5S2/c1-24-15-9-12(7-8-14(15)25-11-17(21)22)10-16-18(23)20(19(26)27-16)13-5-3-2-4-6-13/h7-10,13H,2-6,11H2,1H3,(H,21,22)/b16-10+. The van der Waals surface area contributed by atoms with Crippen molar-refractivity contribution in [2.24, 2.45) is 0 Å². The van der Waals surface area contributed by atoms with Crippen LogP contribution in [0.3, 0.4) is 0 Å². The van der Waals surface area contributed by atoms with E-state index >= 15 is 0 Å². The van der Waals surface area contributed by atoms with E-state index in [0.29, 0.717) is 20.7 Å². The van der Waals surface area contributed by atoms with Crippen LogP contribution in [0.5, 0.6) is 11.5 Å². The van der Waals surface area contributed by atoms with Crippen molar-refractivity contribution in [2.75, 3.05) is 13.7 Å². The first-order chi connectivity index (χ1) is 13.0. The number of hydrogen-bond donors (Lipinski definition) is 1. The largest absolute Gasteiger partial charge is 0.493 e. The van der Waals surface area contributed by atoms with Crippen molar-refractivity contribution < 1.29 is 24.2 Å². The molecule has 0 unspecified atom stereocenters. The monoisotopic (exact) mass is 407 g/mol. The number of carboxylic acids is 1. The lowest BCUT2D eigenvalue weighted by molar-refractivity contribution is -0.139. The van der Waals surface area contributed by atoms with E-state index in [1.165, 1.54) is 25.3 Å². The lowest BCUT2D eigenvalue weighted by atomic mass is 9.94. The fraction of sp³-hybridized carbons (Fsp3) is 0.421. The first kappa shape index (κ1) is 19.7. The van der Waals surface area contributed by atoms with E-state index in [-0.39, 0.29) is 11.9 Å². The Balaban J connectivity index is 1.78. The summed E-state index contributed by atoms with van der Waals surface area (Å²) in [6, 6.07) is 5.31. The van der Waals surface area contributed by atoms with Crippen molar-refractivity contribution in [3.8, 4) is 11.5 Å². The number of hydrogen-bond acceptors (Lipinski definition) is 6. The van der Waals surface area contributed by atoms with Crippen LogP contribution in [0.2, 0.25) is 0 Å². The first-order valence-corrected chi connectivity index (χ1v) is 10.0. The van der Waals surface area contributed by atoms with Gasteiger partial charge in [0.2, 0.25) is 0 Å². The number of benzene rings is 1. The molecule has 1 amide bonds. The van der Waals surface area contributed by atoms with E-state index in [4.69, 9.17) is 26.8 Å². The van der Waals surface area contributed by atoms with E-state index in [1.807, 2.05) is 0 Å². The van der Waals surface area contributed by atoms with Gasteiger partial charge in [-0.2, -0.15) is 0 Å². The maximum absolute atomic E-state index is 12.8. The summed E-state index contributed by atoms with van der Waals surface area (Å²) in [5.74, 6) is -0.353. The summed E-state index contributed by atoms with van der Waals surface area (Å²) < 4.78 is 11.1. The highest BCUT2D eigenvalue weighted by molar-refractivity contribution is 8.26. The quantitative estimate of drug-likeness (QED) is 0.569. The predicted octanol–water partition coefficient (Wildman–Crippen LogP) is 3.69. The van der Waals surface area contributed by atoms with E-state index in [0.717, 1.165) is 31.2 Å². The summed E-state index contributed by atoms with van der Waals surface area (Å²) in [7, 11) is 1.48. The normalized spacial score (nSPS) is 19.6. The van der Waals surface area contributed by atoms with Gasteiger partial charge in [0.05, 0.1) is 12.0 Å². The Bertz CT molecular complexity index is 786. The van der Waals surface area contributed by atoms with E-state index in [1.54, 1.807) is 29.2 Å². The molecule has 0 atom stereocenters. The summed E-state index contributed by atoms with van der Waals surface area (Å²) in [6.07, 6.45) is 7.28. The lowest BCUT2D eigenvalue weighted by Gasteiger charge is -2.29. The van der Waals surface area contributed by atoms with E-state index in [9.17, 15) is 9.59 Å². The minimum atomic E-state index is -1.06. The Morgan fingerprint density at radius 3 is 2.74 bits per heavy atom. The van der Waals surface area contributed by atoms with Crippen LogP contribution in [0.1, 0.15) is 37.7 Å². The second kappa shape index (κ2) is 8.75. The number of carbonyl (C=O) groups is 2. The third-order valence-electron chi connectivity index (χ3n) is 4.60. The zero-order chi connectivity index (χ0) is 19.4. The number of carboxylic acid groups (broad SMARTS) is 1. The van der Waals surface area contributed by atoms with Gasteiger partial charge in [-0.3, -0.25) is 9.69 Å². The summed E-state index contributed by atoms with van der Waals surface area (Å²) in [5, 5.41) is 8.74. The van der Waals surface area contributed by atoms with Crippen molar-refractivity contribution in [2.45, 2.75) is 38.1 Å². The van der Waals surface area contributed by atoms with Gasteiger partial charge in [0, 0.05) is 6.04 Å². The lowest BCUT2D eigenvalue weighted by Crippen LogP contribution is -2.39. The van der Waals surface area contributed by atoms with Crippen molar-refractivity contribution in [1.82, 2.24) is 4.90 Å². The number of rotatable bonds is 6. The summed E-state index contributed by atoms with van der Waals surface area (Å²) in [4.78, 5) is 25.9. The van der Waals surface area contributed by atoms with Gasteiger partial charge in [-0.1, -0.05) is 49.3 Å². The highest BCUT2D eigenvalue weighted by Gasteiger charge is 2.37. The van der Waals surface area contributed by atoms with Gasteiger partial charge in [-0.25, -0.2) is 4.79 Å². The molecule has 1 N–H and O–H groups in total. The number of ether oxygens (including phenoxy) is 2. The van der Waals surface area contributed by atoms with Crippen LogP contribution in [-0.2, 0) is 9.59 Å². The van der Waals surface area contributed by atoms with E-state index in [2.05, 4.69) is 0 Å². The number of amides is 1. The van der Waals surface area contributed by atoms with Crippen LogP contribution in [0.4, 0.5) is 0 Å². The molecule has 1 aromatic carbocycles. The van der Waals surface area contributed by atoms with Gasteiger partial charge in [0.1, 0.15) is 4.32 Å². The zero-order valence-corrected chi connectivity index (χ0v) is 16.6. The Kier molecular flexibility index (Phi) is 6.38. The average Bonchev–Trinajstić information content (AvgIpc) is 2.94. The third kappa shape index (κ3) is 4.62. The molecule has 0 aromatic heterocycles. The van der Waals surface area contributed by atoms with Crippen LogP contribution in [0, 0.1) is 0 Å². The molecule has 8 heteroatoms. The average molecular weight is 408 g/mol. The molecule has 0 bridgehead atoms. The number of carbonyl (C=O) groups excluding carboxylic acids is 1. The fourth-order valence-electron chi connectivity index (χ4n) is 3.32. The molecule has 1 aliphatic carbocycles. The molecular formula is C19H21NO5S2. The summed E-state index contributed by atoms with van der Waals surface area (Å²) in [6.45, 7) is -0.449. The number of aliphatic carboxylic acids is 1. The fourth-order valence-corrected chi connectivity index (χ4v) is 4.72. The molecule has 144 valence electrons. The molecule has 27 heavy (non-hydrogen) atoms. The van der Waals surface area contributed by atoms with E-state index < -0.39 is 12.6 Å². The van der Waals surface area contributed by atoms with Crippen molar-refractivity contribution >= 4 is 46.3 Å². The first-order valence-electron chi connectivity index (χ1n) is 8.79. The van der Waals surface area contributed by atoms with Crippen LogP contribution in [0.15, 0.2) is 23.1 Å². The Morgan fingerprint density at radius 2 is 2.07 bits per heavy atom. The van der Waals surface area contributed by atoms with Gasteiger partial charge >= 0.3 is 5.97 Å². The second-order valence-electron chi connectivity index (χ2n) is 6.44. The van der Waals surface area contributed by atoms with Crippen molar-refractivity contribution in [1.29, 1.82) is 0 Å². The number of thioether (sulfide) groups is 1. The Hall–Kier alpha value is -2.06. The highest BCUT2D eigenvalue weighted by atomic mass is 32.2. The molecule has 0 radical (unpaired) electrons.